The molecule has 0 aromatic heterocycles. The lowest BCUT2D eigenvalue weighted by Crippen LogP contribution is -2.13. The second-order valence-corrected chi connectivity index (χ2v) is 2.10. The van der Waals surface area contributed by atoms with E-state index in [0.717, 1.165) is 0 Å². The summed E-state index contributed by atoms with van der Waals surface area (Å²) in [7, 11) is 1.29. The molecule has 0 fully saturated rings. The van der Waals surface area contributed by atoms with Crippen LogP contribution in [0.2, 0.25) is 0 Å². The molecule has 0 saturated heterocycles. The molecule has 0 rings (SSSR count). The summed E-state index contributed by atoms with van der Waals surface area (Å²) in [5.41, 5.74) is 0.310. The standard InChI is InChI=1S/C7H12O3/c1-5(4-8)6(2)7(9)10-3/h5,8H,2,4H2,1,3H3/t5-/m0/s1. The molecular formula is C7H12O3. The lowest BCUT2D eigenvalue weighted by atomic mass is 10.0. The molecule has 0 amide bonds. The Morgan fingerprint density at radius 3 is 2.60 bits per heavy atom. The van der Waals surface area contributed by atoms with E-state index >= 15 is 0 Å². The average molecular weight is 144 g/mol. The topological polar surface area (TPSA) is 46.5 Å². The largest absolute Gasteiger partial charge is 0.466 e. The van der Waals surface area contributed by atoms with Crippen molar-refractivity contribution in [3.8, 4) is 0 Å². The number of hydrogen-bond acceptors (Lipinski definition) is 3. The van der Waals surface area contributed by atoms with Crippen LogP contribution in [0.25, 0.3) is 0 Å². The van der Waals surface area contributed by atoms with Gasteiger partial charge in [-0.25, -0.2) is 4.79 Å². The van der Waals surface area contributed by atoms with Crippen LogP contribution in [0.4, 0.5) is 0 Å². The van der Waals surface area contributed by atoms with Crippen molar-refractivity contribution in [1.29, 1.82) is 0 Å². The minimum absolute atomic E-state index is 0.0755. The molecular weight excluding hydrogens is 132 g/mol. The Labute approximate surface area is 60.3 Å². The highest BCUT2D eigenvalue weighted by Gasteiger charge is 2.13. The summed E-state index contributed by atoms with van der Waals surface area (Å²) in [5, 5.41) is 8.58. The van der Waals surface area contributed by atoms with E-state index < -0.39 is 5.97 Å². The molecule has 0 aromatic rings. The van der Waals surface area contributed by atoms with Crippen molar-refractivity contribution in [2.45, 2.75) is 6.92 Å². The maximum absolute atomic E-state index is 10.7. The zero-order chi connectivity index (χ0) is 8.15. The highest BCUT2D eigenvalue weighted by Crippen LogP contribution is 2.07. The normalized spacial score (nSPS) is 12.3. The third-order valence-corrected chi connectivity index (χ3v) is 1.32. The molecule has 3 heteroatoms. The molecule has 0 saturated carbocycles. The molecule has 0 bridgehead atoms. The van der Waals surface area contributed by atoms with Gasteiger partial charge in [0.25, 0.3) is 0 Å². The molecule has 0 spiro atoms. The molecule has 0 radical (unpaired) electrons. The number of esters is 1. The van der Waals surface area contributed by atoms with Crippen LogP contribution in [0.5, 0.6) is 0 Å². The van der Waals surface area contributed by atoms with Crippen molar-refractivity contribution in [1.82, 2.24) is 0 Å². The van der Waals surface area contributed by atoms with Gasteiger partial charge < -0.3 is 9.84 Å². The number of aliphatic hydroxyl groups excluding tert-OH is 1. The van der Waals surface area contributed by atoms with Crippen LogP contribution >= 0.6 is 0 Å². The van der Waals surface area contributed by atoms with Crippen molar-refractivity contribution in [2.24, 2.45) is 5.92 Å². The first kappa shape index (κ1) is 9.17. The van der Waals surface area contributed by atoms with Crippen molar-refractivity contribution in [3.63, 3.8) is 0 Å². The van der Waals surface area contributed by atoms with Gasteiger partial charge in [0, 0.05) is 18.1 Å². The van der Waals surface area contributed by atoms with Gasteiger partial charge in [0.2, 0.25) is 0 Å². The molecule has 0 aliphatic carbocycles. The van der Waals surface area contributed by atoms with Crippen LogP contribution in [0.15, 0.2) is 12.2 Å². The predicted octanol–water partition coefficient (Wildman–Crippen LogP) is 0.344. The van der Waals surface area contributed by atoms with Gasteiger partial charge in [0.1, 0.15) is 0 Å². The van der Waals surface area contributed by atoms with Crippen molar-refractivity contribution in [3.05, 3.63) is 12.2 Å². The van der Waals surface area contributed by atoms with Crippen LogP contribution < -0.4 is 0 Å². The van der Waals surface area contributed by atoms with E-state index in [1.165, 1.54) is 7.11 Å². The fourth-order valence-corrected chi connectivity index (χ4v) is 0.442. The molecule has 0 unspecified atom stereocenters. The van der Waals surface area contributed by atoms with Gasteiger partial charge in [0.15, 0.2) is 0 Å². The second kappa shape index (κ2) is 4.06. The Morgan fingerprint density at radius 1 is 1.80 bits per heavy atom. The van der Waals surface area contributed by atoms with Crippen LogP contribution in [-0.2, 0) is 9.53 Å². The lowest BCUT2D eigenvalue weighted by molar-refractivity contribution is -0.136. The molecule has 3 nitrogen and oxygen atoms in total. The zero-order valence-corrected chi connectivity index (χ0v) is 6.26. The number of carbonyl (C=O) groups excluding carboxylic acids is 1. The van der Waals surface area contributed by atoms with Gasteiger partial charge in [-0.3, -0.25) is 0 Å². The van der Waals surface area contributed by atoms with Gasteiger partial charge in [-0.15, -0.1) is 0 Å². The highest BCUT2D eigenvalue weighted by molar-refractivity contribution is 5.88. The van der Waals surface area contributed by atoms with E-state index in [-0.39, 0.29) is 12.5 Å². The number of methoxy groups -OCH3 is 1. The Bertz CT molecular complexity index is 140. The third-order valence-electron chi connectivity index (χ3n) is 1.32. The Balaban J connectivity index is 3.95. The number of aliphatic hydroxyl groups is 1. The fourth-order valence-electron chi connectivity index (χ4n) is 0.442. The SMILES string of the molecule is C=C(C(=O)OC)[C@@H](C)CO. The lowest BCUT2D eigenvalue weighted by Gasteiger charge is -2.07. The zero-order valence-electron chi connectivity index (χ0n) is 6.26. The fraction of sp³-hybridized carbons (Fsp3) is 0.571. The van der Waals surface area contributed by atoms with Crippen molar-refractivity contribution < 1.29 is 14.6 Å². The summed E-state index contributed by atoms with van der Waals surface area (Å²) in [5.74, 6) is -0.672. The summed E-state index contributed by atoms with van der Waals surface area (Å²) >= 11 is 0. The average Bonchev–Trinajstić information content (AvgIpc) is 2.00. The Kier molecular flexibility index (Phi) is 3.72. The van der Waals surface area contributed by atoms with Crippen molar-refractivity contribution >= 4 is 5.97 Å². The number of ether oxygens (including phenoxy) is 1. The predicted molar refractivity (Wildman–Crippen MR) is 37.4 cm³/mol. The first-order valence-electron chi connectivity index (χ1n) is 3.01. The summed E-state index contributed by atoms with van der Waals surface area (Å²) in [6, 6.07) is 0. The molecule has 0 heterocycles. The smallest absolute Gasteiger partial charge is 0.333 e. The number of hydrogen-bond donors (Lipinski definition) is 1. The first-order chi connectivity index (χ1) is 4.63. The second-order valence-electron chi connectivity index (χ2n) is 2.10. The Hall–Kier alpha value is -0.830. The van der Waals surface area contributed by atoms with Crippen molar-refractivity contribution in [2.75, 3.05) is 13.7 Å². The van der Waals surface area contributed by atoms with E-state index in [1.807, 2.05) is 0 Å². The van der Waals surface area contributed by atoms with Gasteiger partial charge in [-0.1, -0.05) is 13.5 Å². The van der Waals surface area contributed by atoms with E-state index in [0.29, 0.717) is 5.57 Å². The minimum Gasteiger partial charge on any atom is -0.466 e. The summed E-state index contributed by atoms with van der Waals surface area (Å²) in [6.07, 6.45) is 0. The molecule has 1 atom stereocenters. The van der Waals surface area contributed by atoms with E-state index in [4.69, 9.17) is 5.11 Å². The van der Waals surface area contributed by atoms with E-state index in [2.05, 4.69) is 11.3 Å². The molecule has 1 N–H and O–H groups in total. The molecule has 10 heavy (non-hydrogen) atoms. The van der Waals surface area contributed by atoms with Crippen LogP contribution in [0, 0.1) is 5.92 Å². The quantitative estimate of drug-likeness (QED) is 0.459. The Morgan fingerprint density at radius 2 is 2.30 bits per heavy atom. The van der Waals surface area contributed by atoms with Crippen LogP contribution in [-0.4, -0.2) is 24.8 Å². The number of carbonyl (C=O) groups is 1. The third kappa shape index (κ3) is 2.19. The van der Waals surface area contributed by atoms with Gasteiger partial charge in [0.05, 0.1) is 7.11 Å². The molecule has 58 valence electrons. The van der Waals surface area contributed by atoms with Gasteiger partial charge in [-0.05, 0) is 0 Å². The summed E-state index contributed by atoms with van der Waals surface area (Å²) < 4.78 is 4.39. The molecule has 0 aliphatic heterocycles. The summed E-state index contributed by atoms with van der Waals surface area (Å²) in [4.78, 5) is 10.7. The maximum atomic E-state index is 10.7. The maximum Gasteiger partial charge on any atom is 0.333 e. The molecule has 0 aliphatic rings. The van der Waals surface area contributed by atoms with E-state index in [9.17, 15) is 4.79 Å². The monoisotopic (exact) mass is 144 g/mol. The van der Waals surface area contributed by atoms with Gasteiger partial charge >= 0.3 is 5.97 Å². The minimum atomic E-state index is -0.457. The highest BCUT2D eigenvalue weighted by atomic mass is 16.5. The van der Waals surface area contributed by atoms with Crippen LogP contribution in [0.1, 0.15) is 6.92 Å². The number of rotatable bonds is 3. The van der Waals surface area contributed by atoms with Gasteiger partial charge in [-0.2, -0.15) is 0 Å². The van der Waals surface area contributed by atoms with E-state index in [1.54, 1.807) is 6.92 Å². The first-order valence-corrected chi connectivity index (χ1v) is 3.01. The summed E-state index contributed by atoms with van der Waals surface area (Å²) in [6.45, 7) is 5.09. The molecule has 0 aromatic carbocycles. The van der Waals surface area contributed by atoms with Crippen LogP contribution in [0.3, 0.4) is 0 Å².